The van der Waals surface area contributed by atoms with Crippen molar-refractivity contribution >= 4 is 11.8 Å². The predicted octanol–water partition coefficient (Wildman–Crippen LogP) is -0.288. The lowest BCUT2D eigenvalue weighted by Gasteiger charge is -2.36. The summed E-state index contributed by atoms with van der Waals surface area (Å²) < 4.78 is 7.79. The van der Waals surface area contributed by atoms with Crippen molar-refractivity contribution in [2.75, 3.05) is 21.1 Å². The van der Waals surface area contributed by atoms with Gasteiger partial charge in [-0.25, -0.2) is 0 Å². The van der Waals surface area contributed by atoms with Crippen molar-refractivity contribution in [2.24, 2.45) is 0 Å². The summed E-state index contributed by atoms with van der Waals surface area (Å²) in [6, 6.07) is -1.10. The standard InChI is InChI=1S/C13H25NO4/c1-5-6-7-8-10(15)13(14(2,3)4)11(16)9-12(17)18/h11,13,16H,5-9H2,1-4H3/i11D. The van der Waals surface area contributed by atoms with E-state index in [0.717, 1.165) is 12.8 Å². The van der Waals surface area contributed by atoms with Crippen LogP contribution in [-0.2, 0) is 9.59 Å². The van der Waals surface area contributed by atoms with Crippen LogP contribution in [0.3, 0.4) is 0 Å². The first-order valence-electron chi connectivity index (χ1n) is 6.78. The second kappa shape index (κ2) is 7.48. The molecule has 0 aromatic rings. The number of carboxylic acid groups (broad SMARTS) is 1. The number of hydrogen-bond acceptors (Lipinski definition) is 4. The van der Waals surface area contributed by atoms with E-state index in [0.29, 0.717) is 6.42 Å². The Bertz CT molecular complexity index is 323. The van der Waals surface area contributed by atoms with Crippen LogP contribution < -0.4 is 5.11 Å². The first kappa shape index (κ1) is 15.1. The Morgan fingerprint density at radius 2 is 1.89 bits per heavy atom. The molecule has 0 heterocycles. The Kier molecular flexibility index (Phi) is 6.29. The van der Waals surface area contributed by atoms with E-state index in [4.69, 9.17) is 1.37 Å². The van der Waals surface area contributed by atoms with Gasteiger partial charge in [0.25, 0.3) is 0 Å². The van der Waals surface area contributed by atoms with E-state index in [1.165, 1.54) is 0 Å². The minimum Gasteiger partial charge on any atom is -0.550 e. The molecule has 0 aromatic heterocycles. The fourth-order valence-electron chi connectivity index (χ4n) is 2.00. The lowest BCUT2D eigenvalue weighted by Crippen LogP contribution is -2.57. The molecule has 0 bridgehead atoms. The number of aliphatic carboxylic acids is 1. The first-order valence-corrected chi connectivity index (χ1v) is 6.28. The number of Topliss-reactive ketones (excluding diaryl/α,β-unsaturated/α-hetero) is 1. The van der Waals surface area contributed by atoms with E-state index in [2.05, 4.69) is 0 Å². The highest BCUT2D eigenvalue weighted by atomic mass is 16.4. The van der Waals surface area contributed by atoms with Crippen molar-refractivity contribution in [3.05, 3.63) is 0 Å². The molecule has 5 heteroatoms. The van der Waals surface area contributed by atoms with Crippen LogP contribution in [0.1, 0.15) is 40.4 Å². The van der Waals surface area contributed by atoms with Gasteiger partial charge in [0.05, 0.1) is 22.5 Å². The maximum atomic E-state index is 12.2. The summed E-state index contributed by atoms with van der Waals surface area (Å²) in [5.41, 5.74) is 0. The molecule has 0 saturated heterocycles. The highest BCUT2D eigenvalue weighted by Gasteiger charge is 2.37. The van der Waals surface area contributed by atoms with Crippen molar-refractivity contribution in [3.8, 4) is 0 Å². The maximum Gasteiger partial charge on any atom is 0.192 e. The molecule has 0 rings (SSSR count). The molecule has 0 saturated carbocycles. The topological polar surface area (TPSA) is 77.4 Å². The molecule has 0 aromatic carbocycles. The van der Waals surface area contributed by atoms with Crippen LogP contribution >= 0.6 is 0 Å². The molecule has 0 fully saturated rings. The van der Waals surface area contributed by atoms with Gasteiger partial charge in [-0.3, -0.25) is 4.79 Å². The van der Waals surface area contributed by atoms with E-state index >= 15 is 0 Å². The first-order chi connectivity index (χ1) is 8.52. The van der Waals surface area contributed by atoms with Crippen LogP contribution in [-0.4, -0.2) is 54.6 Å². The van der Waals surface area contributed by atoms with Crippen LogP contribution in [0, 0.1) is 0 Å². The summed E-state index contributed by atoms with van der Waals surface area (Å²) in [5.74, 6) is -1.81. The minimum atomic E-state index is -2.35. The summed E-state index contributed by atoms with van der Waals surface area (Å²) >= 11 is 0. The van der Waals surface area contributed by atoms with E-state index in [1.807, 2.05) is 6.92 Å². The Hall–Kier alpha value is -0.940. The molecule has 0 radical (unpaired) electrons. The molecule has 2 atom stereocenters. The van der Waals surface area contributed by atoms with Crippen molar-refractivity contribution < 1.29 is 25.7 Å². The minimum absolute atomic E-state index is 0.0121. The second-order valence-electron chi connectivity index (χ2n) is 5.48. The monoisotopic (exact) mass is 260 g/mol. The number of hydrogen-bond donors (Lipinski definition) is 1. The van der Waals surface area contributed by atoms with Gasteiger partial charge in [-0.15, -0.1) is 0 Å². The largest absolute Gasteiger partial charge is 0.550 e. The maximum absolute atomic E-state index is 12.2. The van der Waals surface area contributed by atoms with E-state index in [-0.39, 0.29) is 16.7 Å². The Balaban J connectivity index is 5.01. The normalized spacial score (nSPS) is 17.7. The molecule has 18 heavy (non-hydrogen) atoms. The SMILES string of the molecule is [2H]C(O)(CC(=O)[O-])C(C(=O)CCCCC)[N+](C)(C)C. The van der Waals surface area contributed by atoms with Crippen molar-refractivity contribution in [1.29, 1.82) is 0 Å². The molecule has 0 aliphatic heterocycles. The van der Waals surface area contributed by atoms with Crippen LogP contribution in [0.2, 0.25) is 0 Å². The zero-order valence-electron chi connectivity index (χ0n) is 12.7. The van der Waals surface area contributed by atoms with Gasteiger partial charge in [-0.2, -0.15) is 0 Å². The van der Waals surface area contributed by atoms with Crippen LogP contribution in [0.4, 0.5) is 0 Å². The van der Waals surface area contributed by atoms with Gasteiger partial charge in [0.15, 0.2) is 11.8 Å². The van der Waals surface area contributed by atoms with E-state index < -0.39 is 24.5 Å². The number of aliphatic hydroxyl groups is 1. The number of ketones is 1. The molecule has 1 N–H and O–H groups in total. The zero-order valence-corrected chi connectivity index (χ0v) is 11.7. The molecular weight excluding hydrogens is 234 g/mol. The number of quaternary nitrogens is 1. The third-order valence-electron chi connectivity index (χ3n) is 2.75. The van der Waals surface area contributed by atoms with Crippen molar-refractivity contribution in [1.82, 2.24) is 0 Å². The molecule has 0 aliphatic rings. The predicted molar refractivity (Wildman–Crippen MR) is 66.6 cm³/mol. The highest BCUT2D eigenvalue weighted by molar-refractivity contribution is 5.84. The van der Waals surface area contributed by atoms with E-state index in [9.17, 15) is 19.8 Å². The molecule has 5 nitrogen and oxygen atoms in total. The molecule has 0 aliphatic carbocycles. The number of carbonyl (C=O) groups excluding carboxylic acids is 2. The average Bonchev–Trinajstić information content (AvgIpc) is 2.12. The fourth-order valence-corrected chi connectivity index (χ4v) is 2.00. The number of carbonyl (C=O) groups is 2. The average molecular weight is 260 g/mol. The quantitative estimate of drug-likeness (QED) is 0.456. The lowest BCUT2D eigenvalue weighted by atomic mass is 9.96. The number of unbranched alkanes of at least 4 members (excludes halogenated alkanes) is 2. The highest BCUT2D eigenvalue weighted by Crippen LogP contribution is 2.15. The van der Waals surface area contributed by atoms with Crippen LogP contribution in [0.15, 0.2) is 0 Å². The van der Waals surface area contributed by atoms with Crippen molar-refractivity contribution in [3.63, 3.8) is 0 Å². The van der Waals surface area contributed by atoms with Crippen molar-refractivity contribution in [2.45, 2.75) is 51.1 Å². The lowest BCUT2D eigenvalue weighted by molar-refractivity contribution is -0.890. The fraction of sp³-hybridized carbons (Fsp3) is 0.846. The summed E-state index contributed by atoms with van der Waals surface area (Å²) in [6.07, 6.45) is -0.415. The number of rotatable bonds is 9. The van der Waals surface area contributed by atoms with Gasteiger partial charge >= 0.3 is 0 Å². The summed E-state index contributed by atoms with van der Waals surface area (Å²) in [6.45, 7) is 2.01. The van der Waals surface area contributed by atoms with Gasteiger partial charge < -0.3 is 19.5 Å². The van der Waals surface area contributed by atoms with Gasteiger partial charge in [-0.1, -0.05) is 19.8 Å². The molecule has 0 amide bonds. The van der Waals surface area contributed by atoms with Gasteiger partial charge in [0.1, 0.15) is 6.08 Å². The Morgan fingerprint density at radius 1 is 1.33 bits per heavy atom. The Morgan fingerprint density at radius 3 is 2.28 bits per heavy atom. The number of carboxylic acids is 1. The number of likely N-dealkylation sites (N-methyl/N-ethyl adjacent to an activating group) is 1. The summed E-state index contributed by atoms with van der Waals surface area (Å²) in [5, 5.41) is 20.6. The Labute approximate surface area is 110 Å². The number of nitrogens with zero attached hydrogens (tertiary/aromatic N) is 1. The van der Waals surface area contributed by atoms with E-state index in [1.54, 1.807) is 21.1 Å². The van der Waals surface area contributed by atoms with Gasteiger partial charge in [0, 0.05) is 18.8 Å². The molecular formula is C13H25NO4. The van der Waals surface area contributed by atoms with Gasteiger partial charge in [-0.05, 0) is 6.42 Å². The summed E-state index contributed by atoms with van der Waals surface area (Å²) in [7, 11) is 4.99. The third kappa shape index (κ3) is 6.12. The van der Waals surface area contributed by atoms with Gasteiger partial charge in [0.2, 0.25) is 0 Å². The van der Waals surface area contributed by atoms with Crippen LogP contribution in [0.5, 0.6) is 0 Å². The van der Waals surface area contributed by atoms with Crippen LogP contribution in [0.25, 0.3) is 0 Å². The summed E-state index contributed by atoms with van der Waals surface area (Å²) in [4.78, 5) is 22.8. The smallest absolute Gasteiger partial charge is 0.192 e. The molecule has 0 spiro atoms. The molecule has 2 unspecified atom stereocenters. The zero-order chi connectivity index (χ0) is 15.3. The second-order valence-corrected chi connectivity index (χ2v) is 5.48. The third-order valence-corrected chi connectivity index (χ3v) is 2.75. The molecule has 106 valence electrons.